The second-order valence-electron chi connectivity index (χ2n) is 20.8. The highest BCUT2D eigenvalue weighted by molar-refractivity contribution is 14.0. The van der Waals surface area contributed by atoms with E-state index in [-0.39, 0.29) is 68.0 Å². The molecule has 6 aliphatic heterocycles. The quantitative estimate of drug-likeness (QED) is 0.163. The molecule has 6 heterocycles. The van der Waals surface area contributed by atoms with E-state index in [1.54, 1.807) is 0 Å². The number of nitrogens with one attached hydrogen (secondary N) is 1. The van der Waals surface area contributed by atoms with Gasteiger partial charge in [-0.15, -0.1) is 24.0 Å². The minimum Gasteiger partial charge on any atom is -0.490 e. The number of nitrogens with zero attached hydrogens (tertiary/aromatic N) is 2. The summed E-state index contributed by atoms with van der Waals surface area (Å²) in [5.41, 5.74) is 5.14. The maximum atomic E-state index is 13.0. The molecule has 2 N–H and O–H groups in total. The number of fused-ring (bicyclic) bond motifs is 6. The molecule has 3 aromatic rings. The number of halogens is 3. The third-order valence-corrected chi connectivity index (χ3v) is 14.3. The SMILES string of the molecule is C.CC(C)OCc1cc(F)ccc1F.CN1[C@@H]2CC[C@H]1CC(O)C2.Cc1ccc(OC2C[C@H]3CC[C@@H](C2)N3)c(COC(C)C)c1.Cc1ccc(OC2C[C@H]3CC[C@@H](C2)N3C)c(COC(C)C)c1.I. The van der Waals surface area contributed by atoms with Gasteiger partial charge in [0, 0.05) is 52.9 Å². The molecule has 0 aliphatic carbocycles. The van der Waals surface area contributed by atoms with Crippen LogP contribution in [0.1, 0.15) is 154 Å². The van der Waals surface area contributed by atoms with Gasteiger partial charge in [0.1, 0.15) is 35.3 Å². The lowest BCUT2D eigenvalue weighted by atomic mass is 10.0. The maximum absolute atomic E-state index is 13.0. The van der Waals surface area contributed by atoms with Crippen molar-refractivity contribution in [1.29, 1.82) is 0 Å². The molecule has 0 saturated carbocycles. The molecule has 9 nitrogen and oxygen atoms in total. The minimum absolute atomic E-state index is 0. The summed E-state index contributed by atoms with van der Waals surface area (Å²) in [6.45, 7) is 17.6. The Hall–Kier alpha value is -2.43. The largest absolute Gasteiger partial charge is 0.490 e. The van der Waals surface area contributed by atoms with Gasteiger partial charge in [0.2, 0.25) is 0 Å². The van der Waals surface area contributed by atoms with Crippen molar-refractivity contribution in [1.82, 2.24) is 15.1 Å². The zero-order valence-corrected chi connectivity index (χ0v) is 44.6. The molecule has 6 aliphatic rings. The molecule has 6 fully saturated rings. The highest BCUT2D eigenvalue weighted by Gasteiger charge is 2.40. The van der Waals surface area contributed by atoms with E-state index in [1.165, 1.54) is 60.8 Å². The molecule has 3 unspecified atom stereocenters. The van der Waals surface area contributed by atoms with E-state index in [0.29, 0.717) is 61.7 Å². The summed E-state index contributed by atoms with van der Waals surface area (Å²) in [5.74, 6) is 1.15. The summed E-state index contributed by atoms with van der Waals surface area (Å²) in [5, 5.41) is 13.0. The highest BCUT2D eigenvalue weighted by Crippen LogP contribution is 2.37. The van der Waals surface area contributed by atoms with Crippen LogP contribution in [0.25, 0.3) is 0 Å². The monoisotopic (exact) mass is 1060 g/mol. The number of ether oxygens (including phenoxy) is 5. The molecule has 0 amide bonds. The fraction of sp³-hybridized carbons (Fsp3) is 0.679. The number of hydrogen-bond donors (Lipinski definition) is 2. The van der Waals surface area contributed by atoms with E-state index in [0.717, 1.165) is 68.2 Å². The third-order valence-electron chi connectivity index (χ3n) is 14.3. The Morgan fingerprint density at radius 2 is 0.956 bits per heavy atom. The van der Waals surface area contributed by atoms with Gasteiger partial charge in [-0.05, 0) is 177 Å². The first-order valence-corrected chi connectivity index (χ1v) is 25.2. The molecule has 12 heteroatoms. The van der Waals surface area contributed by atoms with Crippen molar-refractivity contribution in [2.75, 3.05) is 14.1 Å². The molecule has 6 saturated heterocycles. The van der Waals surface area contributed by atoms with Crippen molar-refractivity contribution < 1.29 is 37.6 Å². The zero-order chi connectivity index (χ0) is 47.5. The van der Waals surface area contributed by atoms with E-state index in [4.69, 9.17) is 23.7 Å². The van der Waals surface area contributed by atoms with Crippen LogP contribution in [0, 0.1) is 25.5 Å². The lowest BCUT2D eigenvalue weighted by Gasteiger charge is -2.36. The van der Waals surface area contributed by atoms with Crippen molar-refractivity contribution >= 4 is 24.0 Å². The summed E-state index contributed by atoms with van der Waals surface area (Å²) < 4.78 is 55.1. The fourth-order valence-corrected chi connectivity index (χ4v) is 10.6. The van der Waals surface area contributed by atoms with Crippen molar-refractivity contribution in [3.8, 4) is 11.5 Å². The lowest BCUT2D eigenvalue weighted by Crippen LogP contribution is -2.43. The van der Waals surface area contributed by atoms with Crippen molar-refractivity contribution in [3.63, 3.8) is 0 Å². The number of piperidine rings is 3. The van der Waals surface area contributed by atoms with Crippen LogP contribution in [0.5, 0.6) is 11.5 Å². The van der Waals surface area contributed by atoms with E-state index in [1.807, 2.05) is 13.8 Å². The first-order chi connectivity index (χ1) is 31.5. The molecular weight excluding hydrogens is 976 g/mol. The topological polar surface area (TPSA) is 84.9 Å². The van der Waals surface area contributed by atoms with E-state index in [9.17, 15) is 13.9 Å². The molecule has 68 heavy (non-hydrogen) atoms. The Bertz CT molecular complexity index is 1920. The molecule has 0 aromatic heterocycles. The summed E-state index contributed by atoms with van der Waals surface area (Å²) in [4.78, 5) is 4.99. The minimum atomic E-state index is -0.441. The number of rotatable bonds is 13. The van der Waals surface area contributed by atoms with Crippen LogP contribution in [0.15, 0.2) is 54.6 Å². The summed E-state index contributed by atoms with van der Waals surface area (Å²) in [6, 6.07) is 20.4. The molecule has 9 rings (SSSR count). The van der Waals surface area contributed by atoms with Gasteiger partial charge in [-0.2, -0.15) is 0 Å². The molecule has 0 spiro atoms. The Morgan fingerprint density at radius 3 is 1.38 bits per heavy atom. The normalized spacial score (nSPS) is 27.0. The second kappa shape index (κ2) is 28.0. The molecule has 384 valence electrons. The van der Waals surface area contributed by atoms with Crippen LogP contribution in [-0.2, 0) is 34.0 Å². The number of aliphatic hydroxyl groups is 1. The molecule has 3 aromatic carbocycles. The highest BCUT2D eigenvalue weighted by atomic mass is 127. The van der Waals surface area contributed by atoms with Crippen LogP contribution < -0.4 is 14.8 Å². The summed E-state index contributed by atoms with van der Waals surface area (Å²) in [6.07, 6.45) is 15.7. The van der Waals surface area contributed by atoms with E-state index >= 15 is 0 Å². The predicted octanol–water partition coefficient (Wildman–Crippen LogP) is 12.3. The smallest absolute Gasteiger partial charge is 0.128 e. The number of benzene rings is 3. The van der Waals surface area contributed by atoms with Crippen LogP contribution in [0.4, 0.5) is 8.78 Å². The fourth-order valence-electron chi connectivity index (χ4n) is 10.6. The number of aryl methyl sites for hydroxylation is 2. The third kappa shape index (κ3) is 17.7. The average molecular weight is 1060 g/mol. The number of hydrogen-bond acceptors (Lipinski definition) is 9. The van der Waals surface area contributed by atoms with Gasteiger partial charge in [-0.25, -0.2) is 8.78 Å². The average Bonchev–Trinajstić information content (AvgIpc) is 3.77. The first-order valence-electron chi connectivity index (χ1n) is 25.2. The Balaban J connectivity index is 0.000000204. The molecule has 6 bridgehead atoms. The Kier molecular flexibility index (Phi) is 23.9. The van der Waals surface area contributed by atoms with E-state index < -0.39 is 11.6 Å². The van der Waals surface area contributed by atoms with Gasteiger partial charge in [-0.3, -0.25) is 0 Å². The van der Waals surface area contributed by atoms with Gasteiger partial charge in [-0.1, -0.05) is 42.8 Å². The zero-order valence-electron chi connectivity index (χ0n) is 42.3. The molecule has 0 radical (unpaired) electrons. The lowest BCUT2D eigenvalue weighted by molar-refractivity contribution is 0.0503. The maximum Gasteiger partial charge on any atom is 0.128 e. The summed E-state index contributed by atoms with van der Waals surface area (Å²) >= 11 is 0. The predicted molar refractivity (Wildman–Crippen MR) is 282 cm³/mol. The van der Waals surface area contributed by atoms with Crippen molar-refractivity contribution in [2.45, 2.75) is 233 Å². The first kappa shape index (κ1) is 58.1. The van der Waals surface area contributed by atoms with Crippen LogP contribution >= 0.6 is 24.0 Å². The Morgan fingerprint density at radius 1 is 0.559 bits per heavy atom. The second-order valence-corrected chi connectivity index (χ2v) is 20.8. The summed E-state index contributed by atoms with van der Waals surface area (Å²) in [7, 11) is 4.46. The Labute approximate surface area is 426 Å². The van der Waals surface area contributed by atoms with Crippen molar-refractivity contribution in [2.24, 2.45) is 0 Å². The van der Waals surface area contributed by atoms with E-state index in [2.05, 4.69) is 107 Å². The molecular formula is C56H88F2IN3O6. The van der Waals surface area contributed by atoms with Crippen LogP contribution in [-0.4, -0.2) is 102 Å². The van der Waals surface area contributed by atoms with Gasteiger partial charge in [0.15, 0.2) is 0 Å². The van der Waals surface area contributed by atoms with Crippen LogP contribution in [0.3, 0.4) is 0 Å². The molecule has 9 atom stereocenters. The van der Waals surface area contributed by atoms with Crippen LogP contribution in [0.2, 0.25) is 0 Å². The van der Waals surface area contributed by atoms with Gasteiger partial charge >= 0.3 is 0 Å². The number of aliphatic hydroxyl groups excluding tert-OH is 1. The van der Waals surface area contributed by atoms with Crippen molar-refractivity contribution in [3.05, 3.63) is 94.0 Å². The van der Waals surface area contributed by atoms with Gasteiger partial charge < -0.3 is 43.9 Å². The van der Waals surface area contributed by atoms with Gasteiger partial charge in [0.25, 0.3) is 0 Å². The van der Waals surface area contributed by atoms with Gasteiger partial charge in [0.05, 0.1) is 44.2 Å². The standard InChI is InChI=1S/C19H29NO2.C18H27NO2.C10H12F2O.C8H15NO.CH4.HI/c1-13(2)21-12-15-9-14(3)5-8-19(15)22-18-10-16-6-7-17(11-18)20(16)4;1-12(2)20-11-14-8-13(3)4-7-18(14)21-17-9-15-5-6-16(10-17)19-15;1-7(2)13-6-8-5-9(11)3-4-10(8)12;1-9-6-2-3-7(9)5-8(10)4-6;;/h5,8-9,13,16-18H,6-7,10-12H2,1-4H3;4,7-8,12,15-17,19H,5-6,9-11H2,1-3H3;3-5,7H,6H2,1-2H3;6-8,10H,2-5H2,1H3;1H4;1H/t16-,17+,18?;15-,16+,17?;;6-,7+,8?;;.